The summed E-state index contributed by atoms with van der Waals surface area (Å²) in [5.41, 5.74) is 2.43. The second-order valence-electron chi connectivity index (χ2n) is 7.48. The minimum absolute atomic E-state index is 0.0819. The maximum Gasteiger partial charge on any atom is 0.295 e. The third kappa shape index (κ3) is 3.73. The summed E-state index contributed by atoms with van der Waals surface area (Å²) in [6, 6.07) is 8.37. The van der Waals surface area contributed by atoms with Crippen LogP contribution < -0.4 is 0 Å². The maximum atomic E-state index is 12.9. The molecule has 1 saturated heterocycles. The highest BCUT2D eigenvalue weighted by atomic mass is 16.3. The Bertz CT molecular complexity index is 913. The van der Waals surface area contributed by atoms with Crippen LogP contribution >= 0.6 is 0 Å². The van der Waals surface area contributed by atoms with E-state index in [0.717, 1.165) is 17.7 Å². The van der Waals surface area contributed by atoms with E-state index in [1.54, 1.807) is 12.1 Å². The molecule has 0 aliphatic carbocycles. The number of hydrogen-bond donors (Lipinski definition) is 1. The molecule has 1 amide bonds. The van der Waals surface area contributed by atoms with Crippen LogP contribution in [0.4, 0.5) is 0 Å². The number of Topliss-reactive ketones (excluding diaryl/α,β-unsaturated/α-hetero) is 1. The number of aryl methyl sites for hydroxylation is 2. The third-order valence-electron chi connectivity index (χ3n) is 5.01. The molecule has 0 bridgehead atoms. The van der Waals surface area contributed by atoms with Crippen LogP contribution in [0.15, 0.2) is 46.6 Å². The molecule has 3 rings (SSSR count). The van der Waals surface area contributed by atoms with Crippen LogP contribution in [0.2, 0.25) is 0 Å². The van der Waals surface area contributed by atoms with Gasteiger partial charge < -0.3 is 19.3 Å². The van der Waals surface area contributed by atoms with Crippen LogP contribution in [0, 0.1) is 13.8 Å². The van der Waals surface area contributed by atoms with Crippen LogP contribution in [0.1, 0.15) is 34.9 Å². The lowest BCUT2D eigenvalue weighted by molar-refractivity contribution is -0.140. The number of ketones is 1. The number of aliphatic hydroxyl groups is 1. The number of nitrogens with zero attached hydrogens (tertiary/aromatic N) is 2. The van der Waals surface area contributed by atoms with Crippen molar-refractivity contribution in [1.29, 1.82) is 0 Å². The number of carbonyl (C=O) groups excluding carboxylic acids is 2. The minimum Gasteiger partial charge on any atom is -0.507 e. The normalized spacial score (nSPS) is 19.0. The Hall–Kier alpha value is -2.86. The van der Waals surface area contributed by atoms with Crippen molar-refractivity contribution in [1.82, 2.24) is 9.80 Å². The fraction of sp³-hybridized carbons (Fsp3) is 0.364. The van der Waals surface area contributed by atoms with Crippen molar-refractivity contribution in [3.63, 3.8) is 0 Å². The van der Waals surface area contributed by atoms with Crippen LogP contribution in [-0.4, -0.2) is 53.8 Å². The highest BCUT2D eigenvalue weighted by Gasteiger charge is 2.47. The second kappa shape index (κ2) is 8.02. The zero-order valence-corrected chi connectivity index (χ0v) is 16.7. The number of furan rings is 1. The predicted octanol–water partition coefficient (Wildman–Crippen LogP) is 3.27. The zero-order valence-electron chi connectivity index (χ0n) is 16.7. The smallest absolute Gasteiger partial charge is 0.295 e. The number of aliphatic hydroxyl groups excluding tert-OH is 1. The molecule has 1 N–H and O–H groups in total. The zero-order chi connectivity index (χ0) is 20.4. The highest BCUT2D eigenvalue weighted by Crippen LogP contribution is 2.40. The number of likely N-dealkylation sites (tertiary alicyclic amines) is 1. The van der Waals surface area contributed by atoms with E-state index in [0.29, 0.717) is 24.3 Å². The van der Waals surface area contributed by atoms with Crippen molar-refractivity contribution in [2.24, 2.45) is 0 Å². The van der Waals surface area contributed by atoms with Gasteiger partial charge in [-0.05, 0) is 64.7 Å². The molecule has 0 radical (unpaired) electrons. The van der Waals surface area contributed by atoms with Gasteiger partial charge in [0.25, 0.3) is 11.7 Å². The number of hydrogen-bond acceptors (Lipinski definition) is 5. The summed E-state index contributed by atoms with van der Waals surface area (Å²) in [7, 11) is 3.91. The molecular formula is C22H26N2O4. The van der Waals surface area contributed by atoms with E-state index in [-0.39, 0.29) is 11.3 Å². The minimum atomic E-state index is -0.725. The number of amides is 1. The molecule has 28 heavy (non-hydrogen) atoms. The first-order chi connectivity index (χ1) is 13.3. The molecule has 2 aromatic rings. The van der Waals surface area contributed by atoms with Crippen LogP contribution in [0.5, 0.6) is 0 Å². The van der Waals surface area contributed by atoms with Gasteiger partial charge in [0.15, 0.2) is 0 Å². The second-order valence-corrected chi connectivity index (χ2v) is 7.48. The molecule has 1 aliphatic rings. The molecule has 6 nitrogen and oxygen atoms in total. The Labute approximate surface area is 165 Å². The lowest BCUT2D eigenvalue weighted by Gasteiger charge is -2.24. The van der Waals surface area contributed by atoms with Crippen molar-refractivity contribution in [3.05, 3.63) is 64.6 Å². The summed E-state index contributed by atoms with van der Waals surface area (Å²) in [5, 5.41) is 11.0. The average molecular weight is 382 g/mol. The van der Waals surface area contributed by atoms with Gasteiger partial charge in [0.05, 0.1) is 11.8 Å². The molecule has 148 valence electrons. The van der Waals surface area contributed by atoms with E-state index in [9.17, 15) is 14.7 Å². The van der Waals surface area contributed by atoms with E-state index < -0.39 is 17.7 Å². The Balaban J connectivity index is 2.09. The number of rotatable bonds is 6. The topological polar surface area (TPSA) is 74.0 Å². The molecule has 0 saturated carbocycles. The molecule has 6 heteroatoms. The van der Waals surface area contributed by atoms with Gasteiger partial charge in [-0.2, -0.15) is 0 Å². The Morgan fingerprint density at radius 3 is 2.61 bits per heavy atom. The average Bonchev–Trinajstić information content (AvgIpc) is 3.25. The van der Waals surface area contributed by atoms with Crippen molar-refractivity contribution in [3.8, 4) is 0 Å². The SMILES string of the molecule is Cc1ccc(C)c(/C(O)=C2/C(=O)C(=O)N(CCCN(C)C)C2c2ccco2)c1. The summed E-state index contributed by atoms with van der Waals surface area (Å²) in [4.78, 5) is 29.2. The Kier molecular flexibility index (Phi) is 5.70. The fourth-order valence-corrected chi connectivity index (χ4v) is 3.55. The molecule has 1 aromatic carbocycles. The predicted molar refractivity (Wildman–Crippen MR) is 107 cm³/mol. The fourth-order valence-electron chi connectivity index (χ4n) is 3.55. The first-order valence-corrected chi connectivity index (χ1v) is 9.35. The first kappa shape index (κ1) is 19.9. The van der Waals surface area contributed by atoms with Crippen molar-refractivity contribution in [2.75, 3.05) is 27.2 Å². The van der Waals surface area contributed by atoms with Crippen LogP contribution in [0.25, 0.3) is 5.76 Å². The van der Waals surface area contributed by atoms with E-state index in [2.05, 4.69) is 0 Å². The lowest BCUT2D eigenvalue weighted by atomic mass is 9.96. The van der Waals surface area contributed by atoms with Gasteiger partial charge in [-0.25, -0.2) is 0 Å². The standard InChI is InChI=1S/C22H26N2O4/c1-14-8-9-15(2)16(13-14)20(25)18-19(17-7-5-12-28-17)24(22(27)21(18)26)11-6-10-23(3)4/h5,7-9,12-13,19,25H,6,10-11H2,1-4H3/b20-18-. The Morgan fingerprint density at radius 2 is 1.96 bits per heavy atom. The summed E-state index contributed by atoms with van der Waals surface area (Å²) < 4.78 is 5.54. The van der Waals surface area contributed by atoms with Gasteiger partial charge in [-0.1, -0.05) is 17.7 Å². The summed E-state index contributed by atoms with van der Waals surface area (Å²) >= 11 is 0. The summed E-state index contributed by atoms with van der Waals surface area (Å²) in [6.45, 7) is 4.96. The summed E-state index contributed by atoms with van der Waals surface area (Å²) in [5.74, 6) is -0.969. The van der Waals surface area contributed by atoms with Gasteiger partial charge in [0.2, 0.25) is 0 Å². The number of carbonyl (C=O) groups is 2. The third-order valence-corrected chi connectivity index (χ3v) is 5.01. The van der Waals surface area contributed by atoms with Gasteiger partial charge >= 0.3 is 0 Å². The molecule has 0 spiro atoms. The lowest BCUT2D eigenvalue weighted by Crippen LogP contribution is -2.32. The van der Waals surface area contributed by atoms with Crippen molar-refractivity contribution < 1.29 is 19.1 Å². The Morgan fingerprint density at radius 1 is 1.21 bits per heavy atom. The van der Waals surface area contributed by atoms with Gasteiger partial charge in [-0.15, -0.1) is 0 Å². The molecule has 1 atom stereocenters. The molecule has 1 fully saturated rings. The highest BCUT2D eigenvalue weighted by molar-refractivity contribution is 6.46. The number of benzene rings is 1. The van der Waals surface area contributed by atoms with E-state index >= 15 is 0 Å². The molecular weight excluding hydrogens is 356 g/mol. The molecule has 1 unspecified atom stereocenters. The molecule has 2 heterocycles. The van der Waals surface area contributed by atoms with Crippen molar-refractivity contribution >= 4 is 17.4 Å². The van der Waals surface area contributed by atoms with E-state index in [4.69, 9.17) is 4.42 Å². The largest absolute Gasteiger partial charge is 0.507 e. The van der Waals surface area contributed by atoms with Crippen LogP contribution in [-0.2, 0) is 9.59 Å². The van der Waals surface area contributed by atoms with Gasteiger partial charge in [0.1, 0.15) is 17.6 Å². The van der Waals surface area contributed by atoms with E-state index in [1.165, 1.54) is 11.2 Å². The van der Waals surface area contributed by atoms with Gasteiger partial charge in [0, 0.05) is 12.1 Å². The van der Waals surface area contributed by atoms with Gasteiger partial charge in [-0.3, -0.25) is 9.59 Å². The van der Waals surface area contributed by atoms with Crippen molar-refractivity contribution in [2.45, 2.75) is 26.3 Å². The quantitative estimate of drug-likeness (QED) is 0.472. The maximum absolute atomic E-state index is 12.9. The molecule has 1 aliphatic heterocycles. The van der Waals surface area contributed by atoms with E-state index in [1.807, 2.05) is 51.0 Å². The first-order valence-electron chi connectivity index (χ1n) is 9.35. The van der Waals surface area contributed by atoms with Crippen LogP contribution in [0.3, 0.4) is 0 Å². The summed E-state index contributed by atoms with van der Waals surface area (Å²) in [6.07, 6.45) is 2.22. The monoisotopic (exact) mass is 382 g/mol. The molecule has 1 aromatic heterocycles.